The lowest BCUT2D eigenvalue weighted by Gasteiger charge is -2.44. The average Bonchev–Trinajstić information content (AvgIpc) is 2.44. The first-order chi connectivity index (χ1) is 10.4. The number of rotatable bonds is 4. The van der Waals surface area contributed by atoms with Gasteiger partial charge in [-0.1, -0.05) is 30.3 Å². The minimum atomic E-state index is -0.777. The van der Waals surface area contributed by atoms with Crippen LogP contribution < -0.4 is 0 Å². The smallest absolute Gasteiger partial charge is 0.410 e. The van der Waals surface area contributed by atoms with Gasteiger partial charge in [0, 0.05) is 18.5 Å². The maximum absolute atomic E-state index is 12.3. The summed E-state index contributed by atoms with van der Waals surface area (Å²) in [6.07, 6.45) is 1.22. The molecule has 5 heteroatoms. The molecule has 1 heterocycles. The lowest BCUT2D eigenvalue weighted by atomic mass is 9.81. The number of carbonyl (C=O) groups is 2. The zero-order valence-corrected chi connectivity index (χ0v) is 13.1. The molecule has 0 saturated carbocycles. The number of amides is 1. The highest BCUT2D eigenvalue weighted by molar-refractivity contribution is 5.69. The molecular weight excluding hydrogens is 282 g/mol. The van der Waals surface area contributed by atoms with Gasteiger partial charge in [-0.2, -0.15) is 0 Å². The van der Waals surface area contributed by atoms with Crippen molar-refractivity contribution in [2.45, 2.75) is 45.3 Å². The number of benzene rings is 1. The molecule has 120 valence electrons. The molecule has 1 unspecified atom stereocenters. The molecule has 1 atom stereocenters. The molecule has 1 amide bonds. The second kappa shape index (κ2) is 6.81. The first kappa shape index (κ1) is 16.3. The number of carboxylic acid groups (broad SMARTS) is 1. The zero-order valence-electron chi connectivity index (χ0n) is 13.1. The van der Waals surface area contributed by atoms with Gasteiger partial charge in [0.25, 0.3) is 0 Å². The molecule has 1 aliphatic rings. The SMILES string of the molecule is CC1(C)CC(CC(=O)O)CCN1C(=O)OCc1ccccc1. The summed E-state index contributed by atoms with van der Waals surface area (Å²) in [7, 11) is 0. The van der Waals surface area contributed by atoms with Crippen molar-refractivity contribution in [2.75, 3.05) is 6.54 Å². The molecule has 22 heavy (non-hydrogen) atoms. The summed E-state index contributed by atoms with van der Waals surface area (Å²) >= 11 is 0. The Morgan fingerprint density at radius 3 is 2.59 bits per heavy atom. The molecule has 0 radical (unpaired) electrons. The van der Waals surface area contributed by atoms with Crippen molar-refractivity contribution in [3.63, 3.8) is 0 Å². The summed E-state index contributed by atoms with van der Waals surface area (Å²) in [5.74, 6) is -0.661. The summed E-state index contributed by atoms with van der Waals surface area (Å²) in [5.41, 5.74) is 0.570. The van der Waals surface area contributed by atoms with E-state index in [9.17, 15) is 9.59 Å². The van der Waals surface area contributed by atoms with Crippen LogP contribution >= 0.6 is 0 Å². The largest absolute Gasteiger partial charge is 0.481 e. The third-order valence-corrected chi connectivity index (χ3v) is 4.17. The van der Waals surface area contributed by atoms with Gasteiger partial charge in [0.15, 0.2) is 0 Å². The standard InChI is InChI=1S/C17H23NO4/c1-17(2)11-14(10-15(19)20)8-9-18(17)16(21)22-12-13-6-4-3-5-7-13/h3-7,14H,8-12H2,1-2H3,(H,19,20). The van der Waals surface area contributed by atoms with Gasteiger partial charge in [-0.3, -0.25) is 4.79 Å². The Bertz CT molecular complexity index is 527. The molecule has 0 aliphatic carbocycles. The van der Waals surface area contributed by atoms with Crippen LogP contribution in [0, 0.1) is 5.92 Å². The molecule has 1 saturated heterocycles. The first-order valence-corrected chi connectivity index (χ1v) is 7.58. The average molecular weight is 305 g/mol. The summed E-state index contributed by atoms with van der Waals surface area (Å²) in [4.78, 5) is 24.9. The van der Waals surface area contributed by atoms with Crippen LogP contribution in [0.5, 0.6) is 0 Å². The van der Waals surface area contributed by atoms with Crippen LogP contribution in [0.25, 0.3) is 0 Å². The second-order valence-electron chi connectivity index (χ2n) is 6.46. The maximum atomic E-state index is 12.3. The van der Waals surface area contributed by atoms with Crippen LogP contribution in [-0.2, 0) is 16.1 Å². The fraction of sp³-hybridized carbons (Fsp3) is 0.529. The Kier molecular flexibility index (Phi) is 5.06. The molecule has 1 aromatic rings. The summed E-state index contributed by atoms with van der Waals surface area (Å²) in [6, 6.07) is 9.56. The highest BCUT2D eigenvalue weighted by atomic mass is 16.6. The Balaban J connectivity index is 1.91. The number of aliphatic carboxylic acids is 1. The molecule has 0 spiro atoms. The number of piperidine rings is 1. The normalized spacial score (nSPS) is 20.5. The molecule has 1 fully saturated rings. The monoisotopic (exact) mass is 305 g/mol. The molecule has 1 aliphatic heterocycles. The van der Waals surface area contributed by atoms with Gasteiger partial charge in [-0.05, 0) is 38.2 Å². The quantitative estimate of drug-likeness (QED) is 0.927. The maximum Gasteiger partial charge on any atom is 0.410 e. The summed E-state index contributed by atoms with van der Waals surface area (Å²) < 4.78 is 5.39. The van der Waals surface area contributed by atoms with Gasteiger partial charge < -0.3 is 14.7 Å². The first-order valence-electron chi connectivity index (χ1n) is 7.58. The highest BCUT2D eigenvalue weighted by Crippen LogP contribution is 2.33. The van der Waals surface area contributed by atoms with Crippen molar-refractivity contribution >= 4 is 12.1 Å². The fourth-order valence-corrected chi connectivity index (χ4v) is 3.09. The number of hydrogen-bond donors (Lipinski definition) is 1. The van der Waals surface area contributed by atoms with Gasteiger partial charge in [-0.25, -0.2) is 4.79 Å². The van der Waals surface area contributed by atoms with Crippen LogP contribution in [0.1, 0.15) is 38.7 Å². The number of ether oxygens (including phenoxy) is 1. The summed E-state index contributed by atoms with van der Waals surface area (Å²) in [6.45, 7) is 4.72. The lowest BCUT2D eigenvalue weighted by molar-refractivity contribution is -0.138. The molecule has 0 aromatic heterocycles. The summed E-state index contributed by atoms with van der Waals surface area (Å²) in [5, 5.41) is 8.92. The minimum absolute atomic E-state index is 0.116. The van der Waals surface area contributed by atoms with E-state index in [-0.39, 0.29) is 30.6 Å². The third-order valence-electron chi connectivity index (χ3n) is 4.17. The number of carboxylic acids is 1. The van der Waals surface area contributed by atoms with E-state index in [1.807, 2.05) is 44.2 Å². The van der Waals surface area contributed by atoms with Crippen LogP contribution in [0.4, 0.5) is 4.79 Å². The van der Waals surface area contributed by atoms with E-state index in [0.717, 1.165) is 5.56 Å². The lowest BCUT2D eigenvalue weighted by Crippen LogP contribution is -2.53. The Morgan fingerprint density at radius 2 is 2.00 bits per heavy atom. The second-order valence-corrected chi connectivity index (χ2v) is 6.46. The van der Waals surface area contributed by atoms with Crippen molar-refractivity contribution in [2.24, 2.45) is 5.92 Å². The predicted molar refractivity (Wildman–Crippen MR) is 82.4 cm³/mol. The number of hydrogen-bond acceptors (Lipinski definition) is 3. The van der Waals surface area contributed by atoms with Gasteiger partial charge in [0.1, 0.15) is 6.61 Å². The topological polar surface area (TPSA) is 66.8 Å². The van der Waals surface area contributed by atoms with Crippen molar-refractivity contribution in [3.05, 3.63) is 35.9 Å². The van der Waals surface area contributed by atoms with Gasteiger partial charge >= 0.3 is 12.1 Å². The van der Waals surface area contributed by atoms with Crippen LogP contribution in [0.2, 0.25) is 0 Å². The van der Waals surface area contributed by atoms with E-state index in [4.69, 9.17) is 9.84 Å². The van der Waals surface area contributed by atoms with E-state index >= 15 is 0 Å². The van der Waals surface area contributed by atoms with Gasteiger partial charge in [0.05, 0.1) is 0 Å². The molecule has 5 nitrogen and oxygen atoms in total. The van der Waals surface area contributed by atoms with Gasteiger partial charge in [-0.15, -0.1) is 0 Å². The predicted octanol–water partition coefficient (Wildman–Crippen LogP) is 3.29. The van der Waals surface area contributed by atoms with Crippen LogP contribution in [0.3, 0.4) is 0 Å². The Morgan fingerprint density at radius 1 is 1.32 bits per heavy atom. The van der Waals surface area contributed by atoms with E-state index < -0.39 is 5.97 Å². The minimum Gasteiger partial charge on any atom is -0.481 e. The Labute approximate surface area is 130 Å². The molecule has 1 aromatic carbocycles. The van der Waals surface area contributed by atoms with Gasteiger partial charge in [0.2, 0.25) is 0 Å². The number of carbonyl (C=O) groups excluding carboxylic acids is 1. The van der Waals surface area contributed by atoms with E-state index in [1.165, 1.54) is 0 Å². The molecule has 0 bridgehead atoms. The molecular formula is C17H23NO4. The molecule has 2 rings (SSSR count). The number of likely N-dealkylation sites (tertiary alicyclic amines) is 1. The Hall–Kier alpha value is -2.04. The van der Waals surface area contributed by atoms with Crippen molar-refractivity contribution in [1.29, 1.82) is 0 Å². The third kappa shape index (κ3) is 4.23. The highest BCUT2D eigenvalue weighted by Gasteiger charge is 2.38. The van der Waals surface area contributed by atoms with Crippen molar-refractivity contribution < 1.29 is 19.4 Å². The van der Waals surface area contributed by atoms with E-state index in [2.05, 4.69) is 0 Å². The van der Waals surface area contributed by atoms with Crippen LogP contribution in [0.15, 0.2) is 30.3 Å². The molecule has 1 N–H and O–H groups in total. The fourth-order valence-electron chi connectivity index (χ4n) is 3.09. The van der Waals surface area contributed by atoms with E-state index in [1.54, 1.807) is 4.90 Å². The zero-order chi connectivity index (χ0) is 16.2. The van der Waals surface area contributed by atoms with E-state index in [0.29, 0.717) is 19.4 Å². The number of nitrogens with zero attached hydrogens (tertiary/aromatic N) is 1. The van der Waals surface area contributed by atoms with Crippen molar-refractivity contribution in [1.82, 2.24) is 4.90 Å². The van der Waals surface area contributed by atoms with Crippen molar-refractivity contribution in [3.8, 4) is 0 Å². The van der Waals surface area contributed by atoms with Crippen LogP contribution in [-0.4, -0.2) is 34.2 Å².